The van der Waals surface area contributed by atoms with Crippen LogP contribution in [0.4, 0.5) is 0 Å². The molecule has 3 aromatic heterocycles. The average Bonchev–Trinajstić information content (AvgIpc) is 3.47. The molecule has 140 valence electrons. The van der Waals surface area contributed by atoms with Gasteiger partial charge in [0.1, 0.15) is 11.7 Å². The quantitative estimate of drug-likeness (QED) is 0.510. The van der Waals surface area contributed by atoms with Gasteiger partial charge >= 0.3 is 0 Å². The molecule has 0 N–H and O–H groups in total. The van der Waals surface area contributed by atoms with Crippen molar-refractivity contribution in [2.75, 3.05) is 6.54 Å². The molecule has 0 bridgehead atoms. The molecule has 4 heterocycles. The van der Waals surface area contributed by atoms with Crippen LogP contribution in [0.1, 0.15) is 40.0 Å². The van der Waals surface area contributed by atoms with Crippen molar-refractivity contribution in [3.8, 4) is 11.6 Å². The van der Waals surface area contributed by atoms with Gasteiger partial charge in [0.15, 0.2) is 0 Å². The summed E-state index contributed by atoms with van der Waals surface area (Å²) in [7, 11) is 0. The second-order valence-corrected chi connectivity index (χ2v) is 7.88. The van der Waals surface area contributed by atoms with Crippen molar-refractivity contribution in [2.24, 2.45) is 0 Å². The van der Waals surface area contributed by atoms with E-state index in [-0.39, 0.29) is 11.9 Å². The third-order valence-electron chi connectivity index (χ3n) is 5.06. The number of pyridine rings is 1. The number of hydrogen-bond donors (Lipinski definition) is 0. The summed E-state index contributed by atoms with van der Waals surface area (Å²) < 4.78 is 6.01. The van der Waals surface area contributed by atoms with Crippen LogP contribution in [0, 0.1) is 6.92 Å². The molecule has 1 fully saturated rings. The van der Waals surface area contributed by atoms with Gasteiger partial charge in [-0.25, -0.2) is 0 Å². The first-order valence-corrected chi connectivity index (χ1v) is 10.1. The van der Waals surface area contributed by atoms with E-state index in [4.69, 9.17) is 4.42 Å². The SMILES string of the molecule is Cc1csc(C(=O)N2CCCC2c2nnc(-c3nccc4ccccc34)o2)c1. The summed E-state index contributed by atoms with van der Waals surface area (Å²) in [5.74, 6) is 0.894. The van der Waals surface area contributed by atoms with Gasteiger partial charge in [0.2, 0.25) is 5.89 Å². The van der Waals surface area contributed by atoms with Crippen LogP contribution < -0.4 is 0 Å². The minimum absolute atomic E-state index is 0.0311. The molecule has 1 unspecified atom stereocenters. The van der Waals surface area contributed by atoms with Gasteiger partial charge < -0.3 is 9.32 Å². The Morgan fingerprint density at radius 3 is 3.00 bits per heavy atom. The number of amides is 1. The van der Waals surface area contributed by atoms with Crippen molar-refractivity contribution in [3.63, 3.8) is 0 Å². The highest BCUT2D eigenvalue weighted by Gasteiger charge is 2.35. The van der Waals surface area contributed by atoms with E-state index in [1.54, 1.807) is 6.20 Å². The predicted molar refractivity (Wildman–Crippen MR) is 107 cm³/mol. The predicted octanol–water partition coefficient (Wildman–Crippen LogP) is 4.63. The Morgan fingerprint density at radius 1 is 1.25 bits per heavy atom. The molecule has 1 aliphatic heterocycles. The molecule has 0 saturated carbocycles. The maximum atomic E-state index is 12.9. The van der Waals surface area contributed by atoms with E-state index in [1.807, 2.05) is 53.6 Å². The molecule has 1 saturated heterocycles. The highest BCUT2D eigenvalue weighted by Crippen LogP contribution is 2.35. The van der Waals surface area contributed by atoms with Gasteiger partial charge in [0.05, 0.1) is 4.88 Å². The van der Waals surface area contributed by atoms with Gasteiger partial charge in [0, 0.05) is 18.1 Å². The summed E-state index contributed by atoms with van der Waals surface area (Å²) in [6.07, 6.45) is 3.48. The lowest BCUT2D eigenvalue weighted by Crippen LogP contribution is -2.30. The Kier molecular flexibility index (Phi) is 4.16. The molecule has 4 aromatic rings. The summed E-state index contributed by atoms with van der Waals surface area (Å²) in [5.41, 5.74) is 1.77. The number of nitrogens with zero attached hydrogens (tertiary/aromatic N) is 4. The largest absolute Gasteiger partial charge is 0.417 e. The molecule has 7 heteroatoms. The van der Waals surface area contributed by atoms with Crippen LogP contribution in [0.5, 0.6) is 0 Å². The van der Waals surface area contributed by atoms with Crippen molar-refractivity contribution < 1.29 is 9.21 Å². The molecule has 6 nitrogen and oxygen atoms in total. The third kappa shape index (κ3) is 2.88. The summed E-state index contributed by atoms with van der Waals surface area (Å²) >= 11 is 1.48. The second kappa shape index (κ2) is 6.83. The van der Waals surface area contributed by atoms with Crippen molar-refractivity contribution in [3.05, 3.63) is 64.3 Å². The summed E-state index contributed by atoms with van der Waals surface area (Å²) in [5, 5.41) is 12.5. The normalized spacial score (nSPS) is 16.8. The van der Waals surface area contributed by atoms with Crippen LogP contribution in [0.2, 0.25) is 0 Å². The Labute approximate surface area is 165 Å². The van der Waals surface area contributed by atoms with E-state index in [0.717, 1.165) is 34.1 Å². The molecular formula is C21H18N4O2S. The molecule has 0 spiro atoms. The van der Waals surface area contributed by atoms with E-state index in [1.165, 1.54) is 11.3 Å². The number of aryl methyl sites for hydroxylation is 1. The number of fused-ring (bicyclic) bond motifs is 1. The van der Waals surface area contributed by atoms with Crippen molar-refractivity contribution in [2.45, 2.75) is 25.8 Å². The van der Waals surface area contributed by atoms with E-state index in [0.29, 0.717) is 24.0 Å². The number of thiophene rings is 1. The first kappa shape index (κ1) is 17.1. The fraction of sp³-hybridized carbons (Fsp3) is 0.238. The van der Waals surface area contributed by atoms with Crippen molar-refractivity contribution >= 4 is 28.0 Å². The van der Waals surface area contributed by atoms with Crippen LogP contribution in [0.3, 0.4) is 0 Å². The highest BCUT2D eigenvalue weighted by molar-refractivity contribution is 7.12. The van der Waals surface area contributed by atoms with Gasteiger partial charge in [-0.15, -0.1) is 21.5 Å². The second-order valence-electron chi connectivity index (χ2n) is 6.97. The Hall–Kier alpha value is -3.06. The van der Waals surface area contributed by atoms with Crippen molar-refractivity contribution in [1.82, 2.24) is 20.1 Å². The van der Waals surface area contributed by atoms with Crippen LogP contribution in [0.15, 0.2) is 52.4 Å². The average molecular weight is 390 g/mol. The number of benzene rings is 1. The van der Waals surface area contributed by atoms with Gasteiger partial charge in [-0.1, -0.05) is 24.3 Å². The smallest absolute Gasteiger partial charge is 0.267 e. The molecule has 5 rings (SSSR count). The number of hydrogen-bond acceptors (Lipinski definition) is 6. The van der Waals surface area contributed by atoms with Crippen LogP contribution in [0.25, 0.3) is 22.4 Å². The molecule has 0 aliphatic carbocycles. The fourth-order valence-electron chi connectivity index (χ4n) is 3.71. The topological polar surface area (TPSA) is 72.1 Å². The van der Waals surface area contributed by atoms with Crippen LogP contribution in [-0.4, -0.2) is 32.5 Å². The summed E-state index contributed by atoms with van der Waals surface area (Å²) in [6.45, 7) is 2.70. The Balaban J connectivity index is 1.47. The van der Waals surface area contributed by atoms with E-state index < -0.39 is 0 Å². The minimum atomic E-state index is -0.189. The zero-order valence-electron chi connectivity index (χ0n) is 15.3. The van der Waals surface area contributed by atoms with Gasteiger partial charge in [-0.3, -0.25) is 9.78 Å². The lowest BCUT2D eigenvalue weighted by molar-refractivity contribution is 0.0721. The molecule has 1 aliphatic rings. The zero-order valence-corrected chi connectivity index (χ0v) is 16.1. The molecular weight excluding hydrogens is 372 g/mol. The van der Waals surface area contributed by atoms with E-state index >= 15 is 0 Å². The van der Waals surface area contributed by atoms with E-state index in [9.17, 15) is 4.79 Å². The molecule has 1 aromatic carbocycles. The first-order valence-electron chi connectivity index (χ1n) is 9.24. The minimum Gasteiger partial charge on any atom is -0.417 e. The maximum absolute atomic E-state index is 12.9. The standard InChI is InChI=1S/C21H18N4O2S/c1-13-11-17(28-12-13)21(26)25-10-4-7-16(25)19-23-24-20(27-19)18-15-6-3-2-5-14(15)8-9-22-18/h2-3,5-6,8-9,11-12,16H,4,7,10H2,1H3. The molecule has 1 atom stereocenters. The third-order valence-corrected chi connectivity index (χ3v) is 6.09. The highest BCUT2D eigenvalue weighted by atomic mass is 32.1. The van der Waals surface area contributed by atoms with Crippen LogP contribution in [-0.2, 0) is 0 Å². The number of likely N-dealkylation sites (tertiary alicyclic amines) is 1. The van der Waals surface area contributed by atoms with Gasteiger partial charge in [-0.05, 0) is 48.2 Å². The summed E-state index contributed by atoms with van der Waals surface area (Å²) in [6, 6.07) is 11.7. The number of rotatable bonds is 3. The van der Waals surface area contributed by atoms with Crippen LogP contribution >= 0.6 is 11.3 Å². The van der Waals surface area contributed by atoms with Gasteiger partial charge in [0.25, 0.3) is 11.8 Å². The molecule has 28 heavy (non-hydrogen) atoms. The lowest BCUT2D eigenvalue weighted by Gasteiger charge is -2.21. The maximum Gasteiger partial charge on any atom is 0.267 e. The zero-order chi connectivity index (χ0) is 19.1. The van der Waals surface area contributed by atoms with E-state index in [2.05, 4.69) is 15.2 Å². The monoisotopic (exact) mass is 390 g/mol. The molecule has 1 amide bonds. The Bertz CT molecular complexity index is 1160. The number of carbonyl (C=O) groups excluding carboxylic acids is 1. The summed E-state index contributed by atoms with van der Waals surface area (Å²) in [4.78, 5) is 20.0. The number of aromatic nitrogens is 3. The van der Waals surface area contributed by atoms with Gasteiger partial charge in [-0.2, -0.15) is 0 Å². The lowest BCUT2D eigenvalue weighted by atomic mass is 10.1. The number of carbonyl (C=O) groups is 1. The molecule has 0 radical (unpaired) electrons. The Morgan fingerprint density at radius 2 is 2.14 bits per heavy atom. The fourth-order valence-corrected chi connectivity index (χ4v) is 4.56. The van der Waals surface area contributed by atoms with Crippen molar-refractivity contribution in [1.29, 1.82) is 0 Å². The first-order chi connectivity index (χ1) is 13.7.